The fourth-order valence-electron chi connectivity index (χ4n) is 3.37. The third-order valence-electron chi connectivity index (χ3n) is 5.11. The van der Waals surface area contributed by atoms with Gasteiger partial charge in [-0.05, 0) is 38.4 Å². The molecule has 0 unspecified atom stereocenters. The van der Waals surface area contributed by atoms with E-state index in [1.807, 2.05) is 0 Å². The second-order valence-electron chi connectivity index (χ2n) is 7.19. The number of nitrogens with zero attached hydrogens (tertiary/aromatic N) is 2. The Labute approximate surface area is 176 Å². The molecule has 1 saturated heterocycles. The zero-order chi connectivity index (χ0) is 21.9. The number of methoxy groups -OCH3 is 2. The maximum absolute atomic E-state index is 12.3. The Bertz CT molecular complexity index is 734. The third kappa shape index (κ3) is 7.27. The lowest BCUT2D eigenvalue weighted by Crippen LogP contribution is -2.41. The van der Waals surface area contributed by atoms with Gasteiger partial charge in [-0.3, -0.25) is 19.7 Å². The first-order valence-corrected chi connectivity index (χ1v) is 10.1. The standard InChI is InChI=1S/C20H30N4O6/c1-29-13-3-9-21-20(26)15-6-10-23(11-7-15)12-8-19(25)22-17-14-16(24(27)28)4-5-18(17)30-2/h4-5,14-15H,3,6-13H2,1-2H3,(H,21,26)(H,22,25). The SMILES string of the molecule is COCCCNC(=O)C1CCN(CCC(=O)Nc2cc([N+](=O)[O-])ccc2OC)CC1. The number of hydrogen-bond acceptors (Lipinski definition) is 7. The average molecular weight is 422 g/mol. The first-order valence-electron chi connectivity index (χ1n) is 10.1. The summed E-state index contributed by atoms with van der Waals surface area (Å²) in [5, 5.41) is 16.6. The molecule has 10 nitrogen and oxygen atoms in total. The van der Waals surface area contributed by atoms with Gasteiger partial charge in [0.15, 0.2) is 0 Å². The van der Waals surface area contributed by atoms with Crippen LogP contribution in [0.5, 0.6) is 5.75 Å². The van der Waals surface area contributed by atoms with Gasteiger partial charge in [-0.25, -0.2) is 0 Å². The fourth-order valence-corrected chi connectivity index (χ4v) is 3.37. The number of carbonyl (C=O) groups is 2. The molecule has 0 atom stereocenters. The maximum atomic E-state index is 12.3. The van der Waals surface area contributed by atoms with Crippen molar-refractivity contribution in [2.24, 2.45) is 5.92 Å². The number of benzene rings is 1. The van der Waals surface area contributed by atoms with E-state index in [0.717, 1.165) is 32.4 Å². The molecule has 0 saturated carbocycles. The van der Waals surface area contributed by atoms with E-state index in [2.05, 4.69) is 15.5 Å². The van der Waals surface area contributed by atoms with Gasteiger partial charge in [-0.2, -0.15) is 0 Å². The van der Waals surface area contributed by atoms with E-state index in [-0.39, 0.29) is 35.5 Å². The summed E-state index contributed by atoms with van der Waals surface area (Å²) in [6.45, 7) is 3.32. The Hall–Kier alpha value is -2.72. The smallest absolute Gasteiger partial charge is 0.271 e. The van der Waals surface area contributed by atoms with Crippen molar-refractivity contribution in [3.63, 3.8) is 0 Å². The molecule has 166 valence electrons. The minimum Gasteiger partial charge on any atom is -0.495 e. The topological polar surface area (TPSA) is 123 Å². The molecule has 0 bridgehead atoms. The molecule has 1 aromatic rings. The van der Waals surface area contributed by atoms with Crippen LogP contribution in [0.4, 0.5) is 11.4 Å². The lowest BCUT2D eigenvalue weighted by molar-refractivity contribution is -0.384. The van der Waals surface area contributed by atoms with Crippen LogP contribution in [-0.4, -0.2) is 68.6 Å². The Morgan fingerprint density at radius 3 is 2.63 bits per heavy atom. The van der Waals surface area contributed by atoms with E-state index in [1.54, 1.807) is 7.11 Å². The molecular weight excluding hydrogens is 392 g/mol. The van der Waals surface area contributed by atoms with E-state index >= 15 is 0 Å². The molecule has 1 heterocycles. The Morgan fingerprint density at radius 2 is 2.00 bits per heavy atom. The Balaban J connectivity index is 1.74. The van der Waals surface area contributed by atoms with E-state index in [9.17, 15) is 19.7 Å². The molecule has 2 rings (SSSR count). The number of likely N-dealkylation sites (tertiary alicyclic amines) is 1. The van der Waals surface area contributed by atoms with E-state index in [1.165, 1.54) is 25.3 Å². The third-order valence-corrected chi connectivity index (χ3v) is 5.11. The van der Waals surface area contributed by atoms with Crippen LogP contribution in [-0.2, 0) is 14.3 Å². The van der Waals surface area contributed by atoms with Crippen LogP contribution in [0.25, 0.3) is 0 Å². The quantitative estimate of drug-likeness (QED) is 0.317. The van der Waals surface area contributed by atoms with Gasteiger partial charge < -0.3 is 25.0 Å². The predicted octanol–water partition coefficient (Wildman–Crippen LogP) is 1.80. The van der Waals surface area contributed by atoms with Crippen molar-refractivity contribution in [2.75, 3.05) is 52.3 Å². The van der Waals surface area contributed by atoms with Gasteiger partial charge in [0, 0.05) is 51.3 Å². The molecule has 2 amide bonds. The fraction of sp³-hybridized carbons (Fsp3) is 0.600. The number of ether oxygens (including phenoxy) is 2. The highest BCUT2D eigenvalue weighted by molar-refractivity contribution is 5.92. The van der Waals surface area contributed by atoms with Crippen molar-refractivity contribution < 1.29 is 24.0 Å². The van der Waals surface area contributed by atoms with E-state index < -0.39 is 4.92 Å². The summed E-state index contributed by atoms with van der Waals surface area (Å²) >= 11 is 0. The number of carbonyl (C=O) groups excluding carboxylic acids is 2. The molecule has 30 heavy (non-hydrogen) atoms. The van der Waals surface area contributed by atoms with Gasteiger partial charge >= 0.3 is 0 Å². The van der Waals surface area contributed by atoms with Crippen molar-refractivity contribution in [2.45, 2.75) is 25.7 Å². The molecule has 0 spiro atoms. The summed E-state index contributed by atoms with van der Waals surface area (Å²) in [7, 11) is 3.08. The van der Waals surface area contributed by atoms with Crippen LogP contribution in [0.3, 0.4) is 0 Å². The number of piperidine rings is 1. The number of nitro benzene ring substituents is 1. The van der Waals surface area contributed by atoms with Crippen LogP contribution < -0.4 is 15.4 Å². The first-order chi connectivity index (χ1) is 14.4. The first kappa shape index (κ1) is 23.6. The Morgan fingerprint density at radius 1 is 1.27 bits per heavy atom. The minimum atomic E-state index is -0.521. The highest BCUT2D eigenvalue weighted by Crippen LogP contribution is 2.29. The molecule has 1 aromatic carbocycles. The number of anilines is 1. The normalized spacial score (nSPS) is 14.9. The second-order valence-corrected chi connectivity index (χ2v) is 7.19. The molecule has 0 aromatic heterocycles. The van der Waals surface area contributed by atoms with Gasteiger partial charge in [0.05, 0.1) is 17.7 Å². The largest absolute Gasteiger partial charge is 0.495 e. The lowest BCUT2D eigenvalue weighted by atomic mass is 9.96. The second kappa shape index (κ2) is 12.1. The van der Waals surface area contributed by atoms with Crippen molar-refractivity contribution in [3.8, 4) is 5.75 Å². The van der Waals surface area contributed by atoms with Crippen LogP contribution >= 0.6 is 0 Å². The number of non-ortho nitro benzene ring substituents is 1. The number of hydrogen-bond donors (Lipinski definition) is 2. The molecular formula is C20H30N4O6. The van der Waals surface area contributed by atoms with Gasteiger partial charge in [-0.15, -0.1) is 0 Å². The van der Waals surface area contributed by atoms with Crippen LogP contribution in [0.1, 0.15) is 25.7 Å². The van der Waals surface area contributed by atoms with Gasteiger partial charge in [0.1, 0.15) is 5.75 Å². The number of amides is 2. The molecule has 1 fully saturated rings. The average Bonchev–Trinajstić information content (AvgIpc) is 2.75. The zero-order valence-corrected chi connectivity index (χ0v) is 17.5. The summed E-state index contributed by atoms with van der Waals surface area (Å²) in [5.74, 6) is 0.214. The summed E-state index contributed by atoms with van der Waals surface area (Å²) < 4.78 is 10.1. The van der Waals surface area contributed by atoms with Crippen LogP contribution in [0.15, 0.2) is 18.2 Å². The van der Waals surface area contributed by atoms with Crippen molar-refractivity contribution >= 4 is 23.2 Å². The number of rotatable bonds is 11. The van der Waals surface area contributed by atoms with Crippen LogP contribution in [0.2, 0.25) is 0 Å². The molecule has 2 N–H and O–H groups in total. The lowest BCUT2D eigenvalue weighted by Gasteiger charge is -2.31. The molecule has 0 aliphatic carbocycles. The number of nitro groups is 1. The molecule has 1 aliphatic rings. The summed E-state index contributed by atoms with van der Waals surface area (Å²) in [4.78, 5) is 37.1. The maximum Gasteiger partial charge on any atom is 0.271 e. The monoisotopic (exact) mass is 422 g/mol. The molecule has 1 aliphatic heterocycles. The van der Waals surface area contributed by atoms with Crippen molar-refractivity contribution in [1.82, 2.24) is 10.2 Å². The molecule has 0 radical (unpaired) electrons. The van der Waals surface area contributed by atoms with Crippen molar-refractivity contribution in [3.05, 3.63) is 28.3 Å². The predicted molar refractivity (Wildman–Crippen MR) is 112 cm³/mol. The van der Waals surface area contributed by atoms with Gasteiger partial charge in [-0.1, -0.05) is 0 Å². The number of nitrogens with one attached hydrogen (secondary N) is 2. The zero-order valence-electron chi connectivity index (χ0n) is 17.5. The van der Waals surface area contributed by atoms with Gasteiger partial charge in [0.25, 0.3) is 5.69 Å². The highest BCUT2D eigenvalue weighted by atomic mass is 16.6. The van der Waals surface area contributed by atoms with Gasteiger partial charge in [0.2, 0.25) is 11.8 Å². The minimum absolute atomic E-state index is 0.00625. The summed E-state index contributed by atoms with van der Waals surface area (Å²) in [6, 6.07) is 4.07. The Kier molecular flexibility index (Phi) is 9.49. The van der Waals surface area contributed by atoms with E-state index in [4.69, 9.17) is 9.47 Å². The van der Waals surface area contributed by atoms with E-state index in [0.29, 0.717) is 25.4 Å². The summed E-state index contributed by atoms with van der Waals surface area (Å²) in [6.07, 6.45) is 2.57. The van der Waals surface area contributed by atoms with Crippen LogP contribution in [0, 0.1) is 16.0 Å². The highest BCUT2D eigenvalue weighted by Gasteiger charge is 2.25. The molecule has 10 heteroatoms. The van der Waals surface area contributed by atoms with Crippen molar-refractivity contribution in [1.29, 1.82) is 0 Å². The summed E-state index contributed by atoms with van der Waals surface area (Å²) in [5.41, 5.74) is 0.161.